The van der Waals surface area contributed by atoms with Crippen LogP contribution >= 0.6 is 11.6 Å². The summed E-state index contributed by atoms with van der Waals surface area (Å²) in [6.45, 7) is 0. The van der Waals surface area contributed by atoms with E-state index in [1.54, 1.807) is 0 Å². The monoisotopic (exact) mass is 563 g/mol. The van der Waals surface area contributed by atoms with Crippen molar-refractivity contribution in [3.63, 3.8) is 0 Å². The van der Waals surface area contributed by atoms with Crippen LogP contribution in [0.1, 0.15) is 16.3 Å². The van der Waals surface area contributed by atoms with Crippen molar-refractivity contribution in [1.82, 2.24) is 29.4 Å². The maximum atomic E-state index is 14.8. The molecule has 39 heavy (non-hydrogen) atoms. The van der Waals surface area contributed by atoms with Crippen LogP contribution in [0.25, 0.3) is 11.3 Å². The van der Waals surface area contributed by atoms with Crippen LogP contribution in [0.4, 0.5) is 27.6 Å². The lowest BCUT2D eigenvalue weighted by atomic mass is 10.2. The molecule has 0 saturated heterocycles. The molecule has 3 heterocycles. The van der Waals surface area contributed by atoms with Crippen LogP contribution in [-0.4, -0.2) is 35.3 Å². The van der Waals surface area contributed by atoms with E-state index in [1.165, 1.54) is 24.4 Å². The lowest BCUT2D eigenvalue weighted by Gasteiger charge is -2.10. The van der Waals surface area contributed by atoms with Gasteiger partial charge in [-0.2, -0.15) is 18.3 Å². The lowest BCUT2D eigenvalue weighted by Crippen LogP contribution is -2.25. The van der Waals surface area contributed by atoms with Gasteiger partial charge in [-0.25, -0.2) is 18.4 Å². The number of hydrogen-bond acceptors (Lipinski definition) is 7. The molecule has 0 spiro atoms. The molecule has 1 N–H and O–H groups in total. The summed E-state index contributed by atoms with van der Waals surface area (Å²) in [5, 5.41) is 12.5. The van der Waals surface area contributed by atoms with E-state index in [-0.39, 0.29) is 16.4 Å². The number of anilines is 1. The Morgan fingerprint density at radius 1 is 1.00 bits per heavy atom. The third kappa shape index (κ3) is 5.11. The Morgan fingerprint density at radius 2 is 1.79 bits per heavy atom. The number of ether oxygens (including phenoxy) is 1. The van der Waals surface area contributed by atoms with Gasteiger partial charge in [0.25, 0.3) is 11.8 Å². The van der Waals surface area contributed by atoms with E-state index in [9.17, 15) is 31.5 Å². The predicted molar refractivity (Wildman–Crippen MR) is 125 cm³/mol. The number of aromatic nitrogens is 6. The maximum Gasteiger partial charge on any atom is 0.452 e. The summed E-state index contributed by atoms with van der Waals surface area (Å²) in [6.07, 6.45) is -1.59. The Bertz CT molecular complexity index is 1810. The molecule has 1 amide bonds. The molecule has 198 valence electrons. The van der Waals surface area contributed by atoms with Gasteiger partial charge in [0.1, 0.15) is 5.82 Å². The van der Waals surface area contributed by atoms with Crippen LogP contribution in [0.3, 0.4) is 0 Å². The second-order valence-corrected chi connectivity index (χ2v) is 8.13. The number of amides is 1. The predicted octanol–water partition coefficient (Wildman–Crippen LogP) is 4.67. The fourth-order valence-electron chi connectivity index (χ4n) is 3.36. The quantitative estimate of drug-likeness (QED) is 0.309. The van der Waals surface area contributed by atoms with Crippen molar-refractivity contribution in [1.29, 1.82) is 0 Å². The van der Waals surface area contributed by atoms with E-state index in [0.29, 0.717) is 4.40 Å². The average molecular weight is 564 g/mol. The molecule has 0 bridgehead atoms. The van der Waals surface area contributed by atoms with Gasteiger partial charge < -0.3 is 10.1 Å². The average Bonchev–Trinajstić information content (AvgIpc) is 3.33. The molecule has 16 heteroatoms. The van der Waals surface area contributed by atoms with Gasteiger partial charge in [0, 0.05) is 36.4 Å². The number of halogens is 6. The van der Waals surface area contributed by atoms with Crippen LogP contribution in [-0.2, 0) is 6.18 Å². The van der Waals surface area contributed by atoms with E-state index in [1.807, 2.05) is 0 Å². The number of nitrogens with zero attached hydrogens (tertiary/aromatic N) is 6. The first-order valence-corrected chi connectivity index (χ1v) is 11.0. The summed E-state index contributed by atoms with van der Waals surface area (Å²) in [7, 11) is 0. The molecular formula is C23H11ClF5N7O3. The van der Waals surface area contributed by atoms with Crippen LogP contribution in [0.2, 0.25) is 5.02 Å². The highest BCUT2D eigenvalue weighted by molar-refractivity contribution is 6.30. The van der Waals surface area contributed by atoms with Crippen LogP contribution in [0.15, 0.2) is 65.8 Å². The van der Waals surface area contributed by atoms with Crippen molar-refractivity contribution in [2.24, 2.45) is 0 Å². The summed E-state index contributed by atoms with van der Waals surface area (Å²) >= 11 is 5.77. The fourth-order valence-corrected chi connectivity index (χ4v) is 3.54. The van der Waals surface area contributed by atoms with Crippen molar-refractivity contribution < 1.29 is 31.5 Å². The summed E-state index contributed by atoms with van der Waals surface area (Å²) in [5.41, 5.74) is -1.54. The van der Waals surface area contributed by atoms with Crippen LogP contribution in [0.5, 0.6) is 11.6 Å². The fraction of sp³-hybridized carbons (Fsp3) is 0.0435. The minimum Gasteiger partial charge on any atom is -0.433 e. The summed E-state index contributed by atoms with van der Waals surface area (Å²) in [4.78, 5) is 28.7. The smallest absolute Gasteiger partial charge is 0.433 e. The molecule has 5 rings (SSSR count). The SMILES string of the molecule is O=C(Nc1ccc(Oc2nccn3c(C(F)(F)F)nnc23)c(F)c1)c1nn(-c2ccc(F)c(Cl)c2)ccc1=O. The third-order valence-electron chi connectivity index (χ3n) is 5.14. The number of fused-ring (bicyclic) bond motifs is 1. The number of alkyl halides is 3. The van der Waals surface area contributed by atoms with E-state index >= 15 is 0 Å². The van der Waals surface area contributed by atoms with Crippen molar-refractivity contribution in [2.45, 2.75) is 6.18 Å². The molecule has 0 aliphatic heterocycles. The lowest BCUT2D eigenvalue weighted by molar-refractivity contribution is -0.145. The molecule has 0 aliphatic rings. The largest absolute Gasteiger partial charge is 0.452 e. The summed E-state index contributed by atoms with van der Waals surface area (Å²) < 4.78 is 74.5. The topological polar surface area (TPSA) is 116 Å². The van der Waals surface area contributed by atoms with E-state index in [2.05, 4.69) is 25.6 Å². The van der Waals surface area contributed by atoms with Crippen LogP contribution in [0, 0.1) is 11.6 Å². The molecule has 10 nitrogen and oxygen atoms in total. The standard InChI is InChI=1S/C23H11ClF5N7O3/c24-13-10-12(2-3-14(13)25)36-7-5-16(37)18(34-36)20(38)31-11-1-4-17(15(26)9-11)39-21-19-32-33-22(23(27,28)29)35(19)8-6-30-21/h1-10H,(H,31,38). The number of carbonyl (C=O) groups excluding carboxylic acids is 1. The Labute approximate surface area is 218 Å². The molecular weight excluding hydrogens is 553 g/mol. The van der Waals surface area contributed by atoms with E-state index in [0.717, 1.165) is 41.3 Å². The number of benzene rings is 2. The first kappa shape index (κ1) is 25.7. The molecule has 0 aliphatic carbocycles. The first-order chi connectivity index (χ1) is 18.5. The zero-order valence-corrected chi connectivity index (χ0v) is 19.7. The van der Waals surface area contributed by atoms with Gasteiger partial charge in [0.15, 0.2) is 17.3 Å². The molecule has 0 radical (unpaired) electrons. The number of carbonyl (C=O) groups is 1. The molecule has 0 atom stereocenters. The second kappa shape index (κ2) is 9.75. The molecule has 0 fully saturated rings. The molecule has 5 aromatic rings. The van der Waals surface area contributed by atoms with Gasteiger partial charge in [-0.3, -0.25) is 14.0 Å². The van der Waals surface area contributed by atoms with Crippen molar-refractivity contribution in [3.05, 3.63) is 99.5 Å². The van der Waals surface area contributed by atoms with Crippen LogP contribution < -0.4 is 15.5 Å². The van der Waals surface area contributed by atoms with E-state index < -0.39 is 57.9 Å². The Kier molecular flexibility index (Phi) is 6.43. The summed E-state index contributed by atoms with van der Waals surface area (Å²) in [6, 6.07) is 7.84. The Morgan fingerprint density at radius 3 is 2.51 bits per heavy atom. The van der Waals surface area contributed by atoms with Gasteiger partial charge in [-0.15, -0.1) is 10.2 Å². The minimum atomic E-state index is -4.80. The first-order valence-electron chi connectivity index (χ1n) is 10.6. The summed E-state index contributed by atoms with van der Waals surface area (Å²) in [5.74, 6) is -4.89. The normalized spacial score (nSPS) is 11.5. The Hall–Kier alpha value is -4.92. The second-order valence-electron chi connectivity index (χ2n) is 7.72. The van der Waals surface area contributed by atoms with Crippen molar-refractivity contribution in [3.8, 4) is 17.3 Å². The molecule has 3 aromatic heterocycles. The van der Waals surface area contributed by atoms with Crippen molar-refractivity contribution >= 4 is 28.8 Å². The molecule has 0 saturated carbocycles. The van der Waals surface area contributed by atoms with Gasteiger partial charge in [0.2, 0.25) is 16.9 Å². The van der Waals surface area contributed by atoms with E-state index in [4.69, 9.17) is 16.3 Å². The molecule has 2 aromatic carbocycles. The Balaban J connectivity index is 1.37. The zero-order valence-electron chi connectivity index (χ0n) is 18.9. The number of nitrogens with one attached hydrogen (secondary N) is 1. The molecule has 0 unspecified atom stereocenters. The number of rotatable bonds is 5. The van der Waals surface area contributed by atoms with Gasteiger partial charge in [-0.1, -0.05) is 11.6 Å². The third-order valence-corrected chi connectivity index (χ3v) is 5.43. The highest BCUT2D eigenvalue weighted by Crippen LogP contribution is 2.32. The zero-order chi connectivity index (χ0) is 27.9. The highest BCUT2D eigenvalue weighted by Gasteiger charge is 2.37. The minimum absolute atomic E-state index is 0.0979. The van der Waals surface area contributed by atoms with Gasteiger partial charge in [-0.05, 0) is 30.3 Å². The maximum absolute atomic E-state index is 14.8. The van der Waals surface area contributed by atoms with Gasteiger partial charge >= 0.3 is 6.18 Å². The van der Waals surface area contributed by atoms with Gasteiger partial charge in [0.05, 0.1) is 10.7 Å². The van der Waals surface area contributed by atoms with Crippen molar-refractivity contribution in [2.75, 3.05) is 5.32 Å². The highest BCUT2D eigenvalue weighted by atomic mass is 35.5. The number of hydrogen-bond donors (Lipinski definition) is 1.